The number of fused-ring (bicyclic) bond motifs is 1. The number of aromatic nitrogens is 3. The molecule has 1 aromatic carbocycles. The molecule has 3 aromatic rings. The fourth-order valence-electron chi connectivity index (χ4n) is 3.74. The first-order valence-electron chi connectivity index (χ1n) is 9.64. The van der Waals surface area contributed by atoms with Gasteiger partial charge in [0.25, 0.3) is 0 Å². The van der Waals surface area contributed by atoms with Crippen molar-refractivity contribution < 1.29 is 9.18 Å². The first kappa shape index (κ1) is 18.9. The number of hydrogen-bond donors (Lipinski definition) is 0. The summed E-state index contributed by atoms with van der Waals surface area (Å²) in [4.78, 5) is 18.7. The van der Waals surface area contributed by atoms with Crippen molar-refractivity contribution in [1.29, 1.82) is 0 Å². The van der Waals surface area contributed by atoms with Gasteiger partial charge in [-0.05, 0) is 36.8 Å². The Bertz CT molecular complexity index is 1000. The van der Waals surface area contributed by atoms with E-state index in [2.05, 4.69) is 21.2 Å². The molecule has 3 heterocycles. The maximum atomic E-state index is 14.2. The van der Waals surface area contributed by atoms with E-state index < -0.39 is 6.17 Å². The molecule has 1 fully saturated rings. The molecule has 0 unspecified atom stereocenters. The molecular weight excluding hydrogens is 375 g/mol. The summed E-state index contributed by atoms with van der Waals surface area (Å²) >= 11 is 1.55. The second-order valence-electron chi connectivity index (χ2n) is 7.35. The van der Waals surface area contributed by atoms with Gasteiger partial charge in [0, 0.05) is 23.7 Å². The molecule has 0 bridgehead atoms. The largest absolute Gasteiger partial charge is 0.339 e. The van der Waals surface area contributed by atoms with Crippen LogP contribution in [0.4, 0.5) is 4.39 Å². The average molecular weight is 399 g/mol. The standard InChI is InChI=1S/C21H23FN4OS/c1-3-14-6-7-26(12-19(14)22)20(27)10-18-9-17-8-15(4-5-16(17)11-23-18)21-25-24-13(2)28-21/h4-5,8-9,11,14,19H,3,6-7,10,12H2,1-2H3/t14-,19+/m0/s1. The van der Waals surface area contributed by atoms with E-state index in [1.165, 1.54) is 0 Å². The number of nitrogens with zero attached hydrogens (tertiary/aromatic N) is 4. The molecule has 0 saturated carbocycles. The van der Waals surface area contributed by atoms with Crippen LogP contribution in [0.3, 0.4) is 0 Å². The Kier molecular flexibility index (Phi) is 5.35. The summed E-state index contributed by atoms with van der Waals surface area (Å²) in [6.07, 6.45) is 2.62. The highest BCUT2D eigenvalue weighted by Crippen LogP contribution is 2.27. The number of halogens is 1. The number of carbonyl (C=O) groups is 1. The summed E-state index contributed by atoms with van der Waals surface area (Å²) in [5.74, 6) is 0.0187. The van der Waals surface area contributed by atoms with Crippen molar-refractivity contribution >= 4 is 28.0 Å². The normalized spacial score (nSPS) is 19.9. The summed E-state index contributed by atoms with van der Waals surface area (Å²) in [6, 6.07) is 8.00. The summed E-state index contributed by atoms with van der Waals surface area (Å²) < 4.78 is 14.2. The number of rotatable bonds is 4. The smallest absolute Gasteiger partial charge is 0.228 e. The van der Waals surface area contributed by atoms with E-state index in [0.717, 1.165) is 39.2 Å². The molecule has 0 N–H and O–H groups in total. The second-order valence-corrected chi connectivity index (χ2v) is 8.53. The first-order chi connectivity index (χ1) is 13.5. The number of benzene rings is 1. The molecule has 0 aliphatic carbocycles. The van der Waals surface area contributed by atoms with Gasteiger partial charge in [0.1, 0.15) is 16.2 Å². The monoisotopic (exact) mass is 398 g/mol. The molecule has 146 valence electrons. The number of likely N-dealkylation sites (tertiary alicyclic amines) is 1. The van der Waals surface area contributed by atoms with Crippen molar-refractivity contribution in [2.24, 2.45) is 5.92 Å². The zero-order valence-electron chi connectivity index (χ0n) is 16.1. The quantitative estimate of drug-likeness (QED) is 0.661. The third-order valence-corrected chi connectivity index (χ3v) is 6.32. The molecule has 0 radical (unpaired) electrons. The van der Waals surface area contributed by atoms with Crippen LogP contribution < -0.4 is 0 Å². The molecule has 0 spiro atoms. The molecule has 1 aliphatic rings. The van der Waals surface area contributed by atoms with Crippen LogP contribution in [-0.2, 0) is 11.2 Å². The van der Waals surface area contributed by atoms with Crippen LogP contribution in [0.1, 0.15) is 30.5 Å². The van der Waals surface area contributed by atoms with Crippen molar-refractivity contribution in [1.82, 2.24) is 20.1 Å². The zero-order chi connectivity index (χ0) is 19.7. The number of alkyl halides is 1. The van der Waals surface area contributed by atoms with Crippen LogP contribution in [0, 0.1) is 12.8 Å². The number of aryl methyl sites for hydroxylation is 1. The third-order valence-electron chi connectivity index (χ3n) is 5.44. The number of hydrogen-bond acceptors (Lipinski definition) is 5. The van der Waals surface area contributed by atoms with E-state index in [-0.39, 0.29) is 24.8 Å². The van der Waals surface area contributed by atoms with Gasteiger partial charge in [-0.3, -0.25) is 9.78 Å². The van der Waals surface area contributed by atoms with E-state index in [1.807, 2.05) is 32.0 Å². The number of amides is 1. The average Bonchev–Trinajstić information content (AvgIpc) is 3.13. The van der Waals surface area contributed by atoms with Gasteiger partial charge in [-0.15, -0.1) is 10.2 Å². The molecule has 2 aromatic heterocycles. The Labute approximate surface area is 167 Å². The lowest BCUT2D eigenvalue weighted by Crippen LogP contribution is -2.45. The van der Waals surface area contributed by atoms with Crippen LogP contribution in [-0.4, -0.2) is 45.2 Å². The van der Waals surface area contributed by atoms with Crippen LogP contribution >= 0.6 is 11.3 Å². The zero-order valence-corrected chi connectivity index (χ0v) is 16.9. The summed E-state index contributed by atoms with van der Waals surface area (Å²) in [5.41, 5.74) is 1.71. The van der Waals surface area contributed by atoms with Crippen molar-refractivity contribution in [3.63, 3.8) is 0 Å². The highest BCUT2D eigenvalue weighted by molar-refractivity contribution is 7.14. The maximum Gasteiger partial charge on any atom is 0.228 e. The fourth-order valence-corrected chi connectivity index (χ4v) is 4.42. The topological polar surface area (TPSA) is 59.0 Å². The second kappa shape index (κ2) is 7.91. The van der Waals surface area contributed by atoms with Gasteiger partial charge in [0.2, 0.25) is 5.91 Å². The fraction of sp³-hybridized carbons (Fsp3) is 0.429. The van der Waals surface area contributed by atoms with Gasteiger partial charge in [-0.2, -0.15) is 0 Å². The highest BCUT2D eigenvalue weighted by atomic mass is 32.1. The van der Waals surface area contributed by atoms with E-state index in [9.17, 15) is 9.18 Å². The van der Waals surface area contributed by atoms with Crippen molar-refractivity contribution in [3.05, 3.63) is 41.2 Å². The van der Waals surface area contributed by atoms with Gasteiger partial charge in [-0.1, -0.05) is 36.8 Å². The minimum absolute atomic E-state index is 0.0556. The highest BCUT2D eigenvalue weighted by Gasteiger charge is 2.30. The minimum Gasteiger partial charge on any atom is -0.339 e. The lowest BCUT2D eigenvalue weighted by atomic mass is 9.92. The summed E-state index contributed by atoms with van der Waals surface area (Å²) in [7, 11) is 0. The predicted molar refractivity (Wildman–Crippen MR) is 109 cm³/mol. The van der Waals surface area contributed by atoms with Crippen LogP contribution in [0.15, 0.2) is 30.5 Å². The third kappa shape index (κ3) is 3.90. The summed E-state index contributed by atoms with van der Waals surface area (Å²) in [5, 5.41) is 12.1. The molecule has 2 atom stereocenters. The van der Waals surface area contributed by atoms with Crippen LogP contribution in [0.5, 0.6) is 0 Å². The molecule has 1 saturated heterocycles. The predicted octanol–water partition coefficient (Wildman–Crippen LogP) is 4.20. The first-order valence-corrected chi connectivity index (χ1v) is 10.5. The summed E-state index contributed by atoms with van der Waals surface area (Å²) in [6.45, 7) is 4.77. The van der Waals surface area contributed by atoms with Crippen LogP contribution in [0.2, 0.25) is 0 Å². The SMILES string of the molecule is CC[C@H]1CCN(C(=O)Cc2cc3cc(-c4nnc(C)s4)ccc3cn2)C[C@H]1F. The molecular formula is C21H23FN4OS. The van der Waals surface area contributed by atoms with Crippen molar-refractivity contribution in [2.75, 3.05) is 13.1 Å². The molecule has 7 heteroatoms. The Morgan fingerprint density at radius 2 is 2.14 bits per heavy atom. The van der Waals surface area contributed by atoms with Gasteiger partial charge in [0.05, 0.1) is 18.7 Å². The molecule has 4 rings (SSSR count). The minimum atomic E-state index is -0.926. The Morgan fingerprint density at radius 1 is 1.29 bits per heavy atom. The Hall–Kier alpha value is -2.41. The maximum absolute atomic E-state index is 14.2. The van der Waals surface area contributed by atoms with E-state index in [0.29, 0.717) is 12.2 Å². The van der Waals surface area contributed by atoms with Gasteiger partial charge < -0.3 is 4.90 Å². The van der Waals surface area contributed by atoms with Gasteiger partial charge in [-0.25, -0.2) is 4.39 Å². The van der Waals surface area contributed by atoms with E-state index in [4.69, 9.17) is 0 Å². The Balaban J connectivity index is 1.51. The molecule has 1 aliphatic heterocycles. The lowest BCUT2D eigenvalue weighted by molar-refractivity contribution is -0.133. The van der Waals surface area contributed by atoms with Gasteiger partial charge >= 0.3 is 0 Å². The van der Waals surface area contributed by atoms with Crippen LogP contribution in [0.25, 0.3) is 21.3 Å². The van der Waals surface area contributed by atoms with Crippen molar-refractivity contribution in [3.8, 4) is 10.6 Å². The van der Waals surface area contributed by atoms with E-state index >= 15 is 0 Å². The van der Waals surface area contributed by atoms with E-state index in [1.54, 1.807) is 22.4 Å². The van der Waals surface area contributed by atoms with Crippen molar-refractivity contribution in [2.45, 2.75) is 39.3 Å². The van der Waals surface area contributed by atoms with Gasteiger partial charge in [0.15, 0.2) is 0 Å². The molecule has 5 nitrogen and oxygen atoms in total. The molecule has 28 heavy (non-hydrogen) atoms. The number of carbonyl (C=O) groups excluding carboxylic acids is 1. The Morgan fingerprint density at radius 3 is 2.86 bits per heavy atom. The number of piperidine rings is 1. The molecule has 1 amide bonds. The lowest BCUT2D eigenvalue weighted by Gasteiger charge is -2.34. The number of pyridine rings is 1.